The molecule has 0 spiro atoms. The van der Waals surface area contributed by atoms with Gasteiger partial charge in [-0.25, -0.2) is 28.3 Å². The first-order chi connectivity index (χ1) is 15.3. The highest BCUT2D eigenvalue weighted by atomic mass is 19.1. The van der Waals surface area contributed by atoms with Crippen LogP contribution in [0.25, 0.3) is 17.0 Å². The number of carbonyl (C=O) groups excluding carboxylic acids is 2. The van der Waals surface area contributed by atoms with Gasteiger partial charge in [-0.05, 0) is 38.5 Å². The molecule has 3 aromatic rings. The summed E-state index contributed by atoms with van der Waals surface area (Å²) in [6.07, 6.45) is 2.93. The molecule has 2 aromatic heterocycles. The van der Waals surface area contributed by atoms with Crippen LogP contribution in [-0.4, -0.2) is 56.8 Å². The molecule has 3 heterocycles. The van der Waals surface area contributed by atoms with Crippen molar-refractivity contribution in [3.05, 3.63) is 42.6 Å². The number of urea groups is 1. The maximum Gasteiger partial charge on any atom is 0.411 e. The number of ether oxygens (including phenoxy) is 1. The number of benzene rings is 1. The summed E-state index contributed by atoms with van der Waals surface area (Å²) in [6, 6.07) is 3.66. The van der Waals surface area contributed by atoms with E-state index in [1.54, 1.807) is 26.2 Å². The van der Waals surface area contributed by atoms with E-state index in [1.807, 2.05) is 0 Å². The maximum atomic E-state index is 14.5. The predicted octanol–water partition coefficient (Wildman–Crippen LogP) is 4.07. The lowest BCUT2D eigenvalue weighted by atomic mass is 10.1. The molecule has 4 rings (SSSR count). The molecule has 1 aliphatic heterocycles. The third kappa shape index (κ3) is 4.76. The lowest BCUT2D eigenvalue weighted by Gasteiger charge is -2.16. The van der Waals surface area contributed by atoms with Gasteiger partial charge in [-0.2, -0.15) is 0 Å². The van der Waals surface area contributed by atoms with Crippen LogP contribution in [0.2, 0.25) is 0 Å². The minimum Gasteiger partial charge on any atom is -0.447 e. The number of nitrogens with one attached hydrogen (secondary N) is 2. The number of likely N-dealkylation sites (tertiary alicyclic amines) is 1. The fraction of sp³-hybridized carbons (Fsp3) is 0.333. The summed E-state index contributed by atoms with van der Waals surface area (Å²) < 4.78 is 34.5. The molecular formula is C21H22F2N6O3. The number of nitrogens with zero attached hydrogens (tertiary/aromatic N) is 4. The summed E-state index contributed by atoms with van der Waals surface area (Å²) in [7, 11) is 0. The van der Waals surface area contributed by atoms with Gasteiger partial charge >= 0.3 is 12.1 Å². The number of aromatic nitrogens is 3. The van der Waals surface area contributed by atoms with Crippen molar-refractivity contribution in [1.29, 1.82) is 0 Å². The Morgan fingerprint density at radius 3 is 2.75 bits per heavy atom. The zero-order valence-corrected chi connectivity index (χ0v) is 17.5. The van der Waals surface area contributed by atoms with Crippen LogP contribution in [0.1, 0.15) is 20.3 Å². The van der Waals surface area contributed by atoms with Crippen LogP contribution in [0.4, 0.5) is 29.7 Å². The van der Waals surface area contributed by atoms with Crippen molar-refractivity contribution in [3.8, 4) is 11.3 Å². The lowest BCUT2D eigenvalue weighted by Crippen LogP contribution is -2.33. The second-order valence-corrected chi connectivity index (χ2v) is 7.71. The summed E-state index contributed by atoms with van der Waals surface area (Å²) in [5.74, 6) is -0.238. The normalized spacial score (nSPS) is 15.9. The summed E-state index contributed by atoms with van der Waals surface area (Å²) in [4.78, 5) is 33.9. The van der Waals surface area contributed by atoms with E-state index >= 15 is 0 Å². The minimum absolute atomic E-state index is 0.0407. The van der Waals surface area contributed by atoms with Crippen LogP contribution in [-0.2, 0) is 4.74 Å². The quantitative estimate of drug-likeness (QED) is 0.632. The van der Waals surface area contributed by atoms with Gasteiger partial charge in [-0.15, -0.1) is 0 Å². The zero-order valence-electron chi connectivity index (χ0n) is 17.5. The molecule has 1 aromatic carbocycles. The summed E-state index contributed by atoms with van der Waals surface area (Å²) in [6.45, 7) is 3.84. The first kappa shape index (κ1) is 21.5. The minimum atomic E-state index is -1.03. The van der Waals surface area contributed by atoms with Crippen molar-refractivity contribution in [2.45, 2.75) is 32.5 Å². The van der Waals surface area contributed by atoms with Gasteiger partial charge in [0, 0.05) is 30.2 Å². The van der Waals surface area contributed by atoms with E-state index in [9.17, 15) is 18.4 Å². The van der Waals surface area contributed by atoms with Gasteiger partial charge in [0.25, 0.3) is 0 Å². The Balaban J connectivity index is 1.54. The number of hydrogen-bond acceptors (Lipinski definition) is 5. The molecule has 11 heteroatoms. The number of amides is 3. The Kier molecular flexibility index (Phi) is 5.89. The van der Waals surface area contributed by atoms with Gasteiger partial charge in [0.05, 0.1) is 30.2 Å². The van der Waals surface area contributed by atoms with Crippen LogP contribution in [0, 0.1) is 5.82 Å². The third-order valence-electron chi connectivity index (χ3n) is 4.81. The molecule has 0 radical (unpaired) electrons. The molecule has 168 valence electrons. The molecule has 0 aliphatic carbocycles. The smallest absolute Gasteiger partial charge is 0.411 e. The SMILES string of the molecule is CC(C)OC(=O)Nc1cnc2nc(-c3cc(NC(=O)N4CC[C@H](F)C4)ccc3F)cn2c1. The number of hydrogen-bond donors (Lipinski definition) is 2. The molecule has 1 aliphatic rings. The molecule has 1 saturated heterocycles. The van der Waals surface area contributed by atoms with Gasteiger partial charge in [0.1, 0.15) is 12.0 Å². The largest absolute Gasteiger partial charge is 0.447 e. The summed E-state index contributed by atoms with van der Waals surface area (Å²) in [5, 5.41) is 5.22. The average molecular weight is 444 g/mol. The van der Waals surface area contributed by atoms with E-state index in [2.05, 4.69) is 20.6 Å². The van der Waals surface area contributed by atoms with Gasteiger partial charge in [0.15, 0.2) is 0 Å². The van der Waals surface area contributed by atoms with Gasteiger partial charge in [-0.3, -0.25) is 9.72 Å². The fourth-order valence-electron chi connectivity index (χ4n) is 3.34. The molecular weight excluding hydrogens is 422 g/mol. The average Bonchev–Trinajstić information content (AvgIpc) is 3.34. The monoisotopic (exact) mass is 444 g/mol. The molecule has 0 saturated carbocycles. The first-order valence-corrected chi connectivity index (χ1v) is 10.1. The van der Waals surface area contributed by atoms with E-state index in [0.29, 0.717) is 30.1 Å². The van der Waals surface area contributed by atoms with Crippen molar-refractivity contribution in [2.24, 2.45) is 0 Å². The molecule has 0 bridgehead atoms. The van der Waals surface area contributed by atoms with E-state index in [1.165, 1.54) is 33.7 Å². The van der Waals surface area contributed by atoms with Gasteiger partial charge in [0.2, 0.25) is 5.78 Å². The number of halogens is 2. The van der Waals surface area contributed by atoms with E-state index in [4.69, 9.17) is 4.74 Å². The Bertz CT molecular complexity index is 1170. The molecule has 1 fully saturated rings. The second-order valence-electron chi connectivity index (χ2n) is 7.71. The van der Waals surface area contributed by atoms with Gasteiger partial charge < -0.3 is 15.0 Å². The topological polar surface area (TPSA) is 101 Å². The number of rotatable bonds is 4. The zero-order chi connectivity index (χ0) is 22.8. The van der Waals surface area contributed by atoms with E-state index in [0.717, 1.165) is 0 Å². The Morgan fingerprint density at radius 2 is 2.03 bits per heavy atom. The Labute approximate surface area is 182 Å². The highest BCUT2D eigenvalue weighted by molar-refractivity contribution is 5.90. The molecule has 9 nitrogen and oxygen atoms in total. The number of carbonyl (C=O) groups is 2. The van der Waals surface area contributed by atoms with Crippen molar-refractivity contribution in [3.63, 3.8) is 0 Å². The van der Waals surface area contributed by atoms with Gasteiger partial charge in [-0.1, -0.05) is 0 Å². The highest BCUT2D eigenvalue weighted by Gasteiger charge is 2.26. The van der Waals surface area contributed by atoms with Crippen LogP contribution in [0.3, 0.4) is 0 Å². The van der Waals surface area contributed by atoms with E-state index < -0.39 is 24.1 Å². The van der Waals surface area contributed by atoms with Crippen LogP contribution < -0.4 is 10.6 Å². The van der Waals surface area contributed by atoms with Crippen LogP contribution in [0.5, 0.6) is 0 Å². The molecule has 0 unspecified atom stereocenters. The lowest BCUT2D eigenvalue weighted by molar-refractivity contribution is 0.130. The highest BCUT2D eigenvalue weighted by Crippen LogP contribution is 2.26. The first-order valence-electron chi connectivity index (χ1n) is 10.1. The Hall–Kier alpha value is -3.76. The number of anilines is 2. The standard InChI is InChI=1S/C21H22F2N6O3/c1-12(2)32-21(31)26-15-8-24-19-27-18(11-29(19)10-15)16-7-14(3-4-17(16)23)25-20(30)28-6-5-13(22)9-28/h3-4,7-8,10-13H,5-6,9H2,1-2H3,(H,25,30)(H,26,31)/t13-/m0/s1. The van der Waals surface area contributed by atoms with Crippen molar-refractivity contribution in [2.75, 3.05) is 23.7 Å². The molecule has 1 atom stereocenters. The van der Waals surface area contributed by atoms with Crippen molar-refractivity contribution in [1.82, 2.24) is 19.3 Å². The van der Waals surface area contributed by atoms with Crippen molar-refractivity contribution >= 4 is 29.3 Å². The predicted molar refractivity (Wildman–Crippen MR) is 114 cm³/mol. The Morgan fingerprint density at radius 1 is 1.22 bits per heavy atom. The maximum absolute atomic E-state index is 14.5. The molecule has 3 amide bonds. The number of imidazole rings is 1. The van der Waals surface area contributed by atoms with Crippen molar-refractivity contribution < 1.29 is 23.1 Å². The van der Waals surface area contributed by atoms with E-state index in [-0.39, 0.29) is 23.9 Å². The second kappa shape index (κ2) is 8.77. The summed E-state index contributed by atoms with van der Waals surface area (Å²) >= 11 is 0. The van der Waals surface area contributed by atoms with Crippen LogP contribution >= 0.6 is 0 Å². The van der Waals surface area contributed by atoms with Crippen LogP contribution in [0.15, 0.2) is 36.8 Å². The summed E-state index contributed by atoms with van der Waals surface area (Å²) in [5.41, 5.74) is 1.19. The number of fused-ring (bicyclic) bond motifs is 1. The number of alkyl halides is 1. The molecule has 32 heavy (non-hydrogen) atoms. The third-order valence-corrected chi connectivity index (χ3v) is 4.81. The molecule has 2 N–H and O–H groups in total. The fourth-order valence-corrected chi connectivity index (χ4v) is 3.34.